The average Bonchev–Trinajstić information content (AvgIpc) is 3.65. The summed E-state index contributed by atoms with van der Waals surface area (Å²) in [6, 6.07) is 21.9. The molecule has 2 amide bonds. The van der Waals surface area contributed by atoms with Crippen molar-refractivity contribution in [3.63, 3.8) is 0 Å². The Morgan fingerprint density at radius 2 is 1.43 bits per heavy atom. The van der Waals surface area contributed by atoms with E-state index in [-0.39, 0.29) is 23.9 Å². The summed E-state index contributed by atoms with van der Waals surface area (Å²) in [7, 11) is 1.48. The van der Waals surface area contributed by atoms with Crippen LogP contribution in [0.2, 0.25) is 0 Å². The van der Waals surface area contributed by atoms with Gasteiger partial charge < -0.3 is 25.3 Å². The number of aromatic nitrogens is 4. The summed E-state index contributed by atoms with van der Waals surface area (Å²) in [4.78, 5) is 45.1. The Kier molecular flexibility index (Phi) is 6.95. The number of fused-ring (bicyclic) bond motifs is 3. The van der Waals surface area contributed by atoms with E-state index in [9.17, 15) is 14.7 Å². The van der Waals surface area contributed by atoms with Crippen LogP contribution in [0.5, 0.6) is 0 Å². The van der Waals surface area contributed by atoms with Gasteiger partial charge in [0, 0.05) is 24.7 Å². The van der Waals surface area contributed by atoms with Crippen LogP contribution in [0.25, 0.3) is 44.4 Å². The van der Waals surface area contributed by atoms with Crippen LogP contribution in [0.1, 0.15) is 63.3 Å². The standard InChI is InChI=1S/C39H41N7O3/c1-20(2)35(45(3)39(48)49)38(47)46-33-16-28(33)17-34(46)37-41-18-31(44-37)22-6-4-21(5-7-22)23-8-9-25-13-26(11-10-24(25)12-23)32-19-40-36(43-32)30-15-27-14-29(27)42-30/h4-13,18-20,27-30,33-35,42H,14-17H2,1-3H3,(H,40,43)(H,41,44)(H,48,49)/t27-,28+,29+,30-,33+,34-,35-/m0/s1. The Bertz CT molecular complexity index is 2070. The Labute approximate surface area is 285 Å². The molecule has 250 valence electrons. The van der Waals surface area contributed by atoms with Gasteiger partial charge >= 0.3 is 6.09 Å². The predicted molar refractivity (Wildman–Crippen MR) is 187 cm³/mol. The average molecular weight is 656 g/mol. The van der Waals surface area contributed by atoms with Crippen molar-refractivity contribution >= 4 is 22.8 Å². The van der Waals surface area contributed by atoms with Crippen molar-refractivity contribution in [1.82, 2.24) is 35.1 Å². The molecule has 2 saturated carbocycles. The number of aromatic amines is 2. The normalized spacial score (nSPS) is 25.8. The van der Waals surface area contributed by atoms with Crippen molar-refractivity contribution in [3.05, 3.63) is 84.7 Å². The molecule has 2 aromatic heterocycles. The first-order valence-electron chi connectivity index (χ1n) is 17.5. The lowest BCUT2D eigenvalue weighted by Gasteiger charge is -2.35. The maximum absolute atomic E-state index is 13.8. The number of nitrogens with one attached hydrogen (secondary N) is 3. The van der Waals surface area contributed by atoms with E-state index in [4.69, 9.17) is 9.97 Å². The van der Waals surface area contributed by atoms with Crippen LogP contribution in [0.3, 0.4) is 0 Å². The van der Waals surface area contributed by atoms with Crippen LogP contribution < -0.4 is 5.32 Å². The van der Waals surface area contributed by atoms with E-state index in [0.717, 1.165) is 68.9 Å². The summed E-state index contributed by atoms with van der Waals surface area (Å²) in [5, 5.41) is 15.7. The van der Waals surface area contributed by atoms with Gasteiger partial charge in [-0.3, -0.25) is 9.69 Å². The van der Waals surface area contributed by atoms with E-state index in [1.807, 2.05) is 31.1 Å². The number of likely N-dealkylation sites (N-methyl/N-ethyl adjacent to an activating group) is 1. The van der Waals surface area contributed by atoms with Crippen molar-refractivity contribution in [2.75, 3.05) is 7.05 Å². The number of H-pyrrole nitrogens is 2. The van der Waals surface area contributed by atoms with E-state index in [1.165, 1.54) is 30.7 Å². The molecule has 2 saturated heterocycles. The maximum atomic E-state index is 13.8. The first kappa shape index (κ1) is 30.1. The van der Waals surface area contributed by atoms with Crippen LogP contribution in [0.4, 0.5) is 4.79 Å². The van der Waals surface area contributed by atoms with E-state index < -0.39 is 12.1 Å². The molecular formula is C39H41N7O3. The van der Waals surface area contributed by atoms with Crippen molar-refractivity contribution in [3.8, 4) is 33.6 Å². The van der Waals surface area contributed by atoms with E-state index in [1.54, 1.807) is 0 Å². The predicted octanol–water partition coefficient (Wildman–Crippen LogP) is 7.01. The van der Waals surface area contributed by atoms with Crippen molar-refractivity contribution in [1.29, 1.82) is 0 Å². The molecule has 4 N–H and O–H groups in total. The van der Waals surface area contributed by atoms with Gasteiger partial charge in [-0.25, -0.2) is 14.8 Å². The highest BCUT2D eigenvalue weighted by Gasteiger charge is 2.56. The summed E-state index contributed by atoms with van der Waals surface area (Å²) in [5.74, 6) is 2.80. The molecule has 4 fully saturated rings. The van der Waals surface area contributed by atoms with Gasteiger partial charge in [0.1, 0.15) is 17.7 Å². The number of carbonyl (C=O) groups excluding carboxylic acids is 1. The summed E-state index contributed by atoms with van der Waals surface area (Å²) in [6.07, 6.45) is 7.00. The molecule has 3 aromatic carbocycles. The lowest BCUT2D eigenvalue weighted by atomic mass is 9.98. The molecule has 5 aromatic rings. The van der Waals surface area contributed by atoms with Crippen LogP contribution in [-0.4, -0.2) is 72.0 Å². The molecule has 7 atom stereocenters. The molecule has 0 bridgehead atoms. The first-order chi connectivity index (χ1) is 23.7. The zero-order valence-electron chi connectivity index (χ0n) is 27.9. The second-order valence-electron chi connectivity index (χ2n) is 14.9. The number of piperidine rings is 2. The van der Waals surface area contributed by atoms with E-state index in [2.05, 4.69) is 75.9 Å². The number of imidazole rings is 2. The SMILES string of the molecule is CC(C)[C@@H](C(=O)N1[C@@H]2C[C@@H]2C[C@H]1c1ncc(-c2ccc(-c3ccc4cc(-c5cnc([C@@H]6C[C@@H]7C[C@H]7N6)[nH]5)ccc4c3)cc2)[nH]1)N(C)C(=O)O. The van der Waals surface area contributed by atoms with Crippen molar-refractivity contribution in [2.45, 2.75) is 69.7 Å². The monoisotopic (exact) mass is 655 g/mol. The molecular weight excluding hydrogens is 614 g/mol. The van der Waals surface area contributed by atoms with E-state index in [0.29, 0.717) is 18.0 Å². The number of carboxylic acid groups (broad SMARTS) is 1. The topological polar surface area (TPSA) is 130 Å². The third-order valence-corrected chi connectivity index (χ3v) is 11.4. The number of likely N-dealkylation sites (tertiary alicyclic amines) is 1. The molecule has 0 unspecified atom stereocenters. The fourth-order valence-corrected chi connectivity index (χ4v) is 8.47. The highest BCUT2D eigenvalue weighted by atomic mass is 16.4. The Balaban J connectivity index is 0.906. The molecule has 10 heteroatoms. The number of hydrogen-bond donors (Lipinski definition) is 4. The summed E-state index contributed by atoms with van der Waals surface area (Å²) < 4.78 is 0. The van der Waals surface area contributed by atoms with Gasteiger partial charge in [0.05, 0.1) is 35.9 Å². The minimum absolute atomic E-state index is 0.132. The third kappa shape index (κ3) is 5.29. The van der Waals surface area contributed by atoms with Gasteiger partial charge in [0.2, 0.25) is 5.91 Å². The number of hydrogen-bond acceptors (Lipinski definition) is 5. The Morgan fingerprint density at radius 1 is 0.796 bits per heavy atom. The summed E-state index contributed by atoms with van der Waals surface area (Å²) in [6.45, 7) is 3.79. The van der Waals surface area contributed by atoms with Gasteiger partial charge in [0.15, 0.2) is 0 Å². The van der Waals surface area contributed by atoms with Crippen LogP contribution in [0.15, 0.2) is 73.1 Å². The molecule has 2 aliphatic carbocycles. The lowest BCUT2D eigenvalue weighted by molar-refractivity contribution is -0.139. The molecule has 49 heavy (non-hydrogen) atoms. The van der Waals surface area contributed by atoms with Gasteiger partial charge in [-0.15, -0.1) is 0 Å². The summed E-state index contributed by atoms with van der Waals surface area (Å²) >= 11 is 0. The molecule has 10 nitrogen and oxygen atoms in total. The number of nitrogens with zero attached hydrogens (tertiary/aromatic N) is 4. The van der Waals surface area contributed by atoms with Crippen LogP contribution in [0, 0.1) is 17.8 Å². The minimum Gasteiger partial charge on any atom is -0.465 e. The molecule has 4 aliphatic rings. The second-order valence-corrected chi connectivity index (χ2v) is 14.9. The maximum Gasteiger partial charge on any atom is 0.407 e. The zero-order valence-corrected chi connectivity index (χ0v) is 27.9. The summed E-state index contributed by atoms with van der Waals surface area (Å²) in [5.41, 5.74) is 6.38. The fraction of sp³-hybridized carbons (Fsp3) is 0.385. The Hall–Kier alpha value is -4.96. The van der Waals surface area contributed by atoms with Gasteiger partial charge in [-0.2, -0.15) is 0 Å². The fourth-order valence-electron chi connectivity index (χ4n) is 8.47. The van der Waals surface area contributed by atoms with Crippen LogP contribution in [-0.2, 0) is 4.79 Å². The quantitative estimate of drug-likeness (QED) is 0.142. The van der Waals surface area contributed by atoms with Gasteiger partial charge in [-0.1, -0.05) is 62.4 Å². The van der Waals surface area contributed by atoms with Gasteiger partial charge in [0.25, 0.3) is 0 Å². The van der Waals surface area contributed by atoms with Crippen molar-refractivity contribution < 1.29 is 14.7 Å². The second kappa shape index (κ2) is 11.3. The van der Waals surface area contributed by atoms with Gasteiger partial charge in [-0.05, 0) is 83.0 Å². The highest BCUT2D eigenvalue weighted by Crippen LogP contribution is 2.53. The highest BCUT2D eigenvalue weighted by molar-refractivity contribution is 5.91. The number of benzene rings is 3. The number of carbonyl (C=O) groups is 2. The first-order valence-corrected chi connectivity index (χ1v) is 17.5. The third-order valence-electron chi connectivity index (χ3n) is 11.4. The van der Waals surface area contributed by atoms with Crippen molar-refractivity contribution in [2.24, 2.45) is 17.8 Å². The molecule has 4 heterocycles. The molecule has 9 rings (SSSR count). The number of rotatable bonds is 8. The number of amides is 2. The minimum atomic E-state index is -1.09. The largest absolute Gasteiger partial charge is 0.465 e. The molecule has 0 radical (unpaired) electrons. The lowest BCUT2D eigenvalue weighted by Crippen LogP contribution is -2.52. The Morgan fingerprint density at radius 3 is 2.12 bits per heavy atom. The smallest absolute Gasteiger partial charge is 0.407 e. The van der Waals surface area contributed by atoms with Crippen LogP contribution >= 0.6 is 0 Å². The zero-order chi connectivity index (χ0) is 33.6. The van der Waals surface area contributed by atoms with E-state index >= 15 is 0 Å². The molecule has 2 aliphatic heterocycles. The molecule has 0 spiro atoms.